The zero-order chi connectivity index (χ0) is 23.0. The van der Waals surface area contributed by atoms with Crippen LogP contribution in [0.25, 0.3) is 0 Å². The van der Waals surface area contributed by atoms with Gasteiger partial charge < -0.3 is 14.5 Å². The van der Waals surface area contributed by atoms with E-state index in [2.05, 4.69) is 45.0 Å². The topological polar surface area (TPSA) is 49.9 Å². The lowest BCUT2D eigenvalue weighted by Crippen LogP contribution is -2.50. The van der Waals surface area contributed by atoms with Gasteiger partial charge in [0.05, 0.1) is 6.61 Å². The summed E-state index contributed by atoms with van der Waals surface area (Å²) in [6.07, 6.45) is 2.45. The number of nitrogens with zero attached hydrogens (tertiary/aromatic N) is 2. The number of aryl methyl sites for hydroxylation is 1. The van der Waals surface area contributed by atoms with Crippen molar-refractivity contribution in [3.63, 3.8) is 0 Å². The van der Waals surface area contributed by atoms with Crippen LogP contribution >= 0.6 is 0 Å². The minimum atomic E-state index is 0.126. The number of ether oxygens (including phenoxy) is 1. The third kappa shape index (κ3) is 7.11. The van der Waals surface area contributed by atoms with Crippen molar-refractivity contribution in [2.24, 2.45) is 0 Å². The molecule has 2 aromatic carbocycles. The summed E-state index contributed by atoms with van der Waals surface area (Å²) in [7, 11) is 0. The lowest BCUT2D eigenvalue weighted by Gasteiger charge is -2.35. The fourth-order valence-corrected chi connectivity index (χ4v) is 3.88. The van der Waals surface area contributed by atoms with Crippen molar-refractivity contribution in [1.82, 2.24) is 9.80 Å². The molecule has 32 heavy (non-hydrogen) atoms. The molecule has 2 aromatic rings. The predicted octanol–water partition coefficient (Wildman–Crippen LogP) is 4.45. The van der Waals surface area contributed by atoms with E-state index in [0.29, 0.717) is 52.0 Å². The number of carbonyl (C=O) groups excluding carboxylic acids is 2. The van der Waals surface area contributed by atoms with E-state index in [1.807, 2.05) is 40.1 Å². The van der Waals surface area contributed by atoms with Crippen LogP contribution in [-0.2, 0) is 21.4 Å². The number of piperazine rings is 1. The molecular formula is C27H36N2O3. The number of amides is 2. The van der Waals surface area contributed by atoms with E-state index in [-0.39, 0.29) is 17.2 Å². The Balaban J connectivity index is 1.32. The van der Waals surface area contributed by atoms with Gasteiger partial charge in [-0.05, 0) is 41.5 Å². The Bertz CT molecular complexity index is 864. The summed E-state index contributed by atoms with van der Waals surface area (Å²) in [6.45, 7) is 9.57. The van der Waals surface area contributed by atoms with E-state index in [4.69, 9.17) is 4.74 Å². The first kappa shape index (κ1) is 23.8. The van der Waals surface area contributed by atoms with Gasteiger partial charge in [-0.3, -0.25) is 9.59 Å². The number of rotatable bonds is 8. The molecule has 0 N–H and O–H groups in total. The van der Waals surface area contributed by atoms with Crippen molar-refractivity contribution in [3.05, 3.63) is 65.7 Å². The van der Waals surface area contributed by atoms with Crippen LogP contribution in [0.15, 0.2) is 54.6 Å². The Morgan fingerprint density at radius 3 is 1.94 bits per heavy atom. The van der Waals surface area contributed by atoms with Crippen LogP contribution in [0.2, 0.25) is 0 Å². The molecule has 0 atom stereocenters. The highest BCUT2D eigenvalue weighted by Crippen LogP contribution is 2.24. The predicted molar refractivity (Wildman–Crippen MR) is 128 cm³/mol. The minimum absolute atomic E-state index is 0.126. The summed E-state index contributed by atoms with van der Waals surface area (Å²) >= 11 is 0. The van der Waals surface area contributed by atoms with Crippen LogP contribution in [0, 0.1) is 0 Å². The van der Waals surface area contributed by atoms with Gasteiger partial charge in [0.25, 0.3) is 0 Å². The van der Waals surface area contributed by atoms with Crippen molar-refractivity contribution in [2.45, 2.75) is 51.9 Å². The molecular weight excluding hydrogens is 400 g/mol. The fraction of sp³-hybridized carbons (Fsp3) is 0.481. The van der Waals surface area contributed by atoms with Gasteiger partial charge in [0.15, 0.2) is 0 Å². The minimum Gasteiger partial charge on any atom is -0.494 e. The van der Waals surface area contributed by atoms with Gasteiger partial charge in [0.1, 0.15) is 5.75 Å². The van der Waals surface area contributed by atoms with E-state index in [0.717, 1.165) is 12.2 Å². The molecule has 0 unspecified atom stereocenters. The van der Waals surface area contributed by atoms with Crippen LogP contribution in [0.3, 0.4) is 0 Å². The molecule has 1 fully saturated rings. The zero-order valence-electron chi connectivity index (χ0n) is 19.7. The normalized spacial score (nSPS) is 14.3. The van der Waals surface area contributed by atoms with E-state index in [9.17, 15) is 9.59 Å². The lowest BCUT2D eigenvalue weighted by atomic mass is 9.87. The average molecular weight is 437 g/mol. The molecule has 3 rings (SSSR count). The molecule has 1 heterocycles. The van der Waals surface area contributed by atoms with Crippen molar-refractivity contribution < 1.29 is 14.3 Å². The monoisotopic (exact) mass is 436 g/mol. The summed E-state index contributed by atoms with van der Waals surface area (Å²) in [6, 6.07) is 18.3. The van der Waals surface area contributed by atoms with E-state index >= 15 is 0 Å². The van der Waals surface area contributed by atoms with E-state index in [1.54, 1.807) is 0 Å². The Labute approximate surface area is 192 Å². The maximum absolute atomic E-state index is 12.5. The van der Waals surface area contributed by atoms with Crippen molar-refractivity contribution >= 4 is 11.8 Å². The van der Waals surface area contributed by atoms with E-state index in [1.165, 1.54) is 11.1 Å². The summed E-state index contributed by atoms with van der Waals surface area (Å²) in [5.74, 6) is 1.16. The van der Waals surface area contributed by atoms with Crippen LogP contribution in [-0.4, -0.2) is 54.4 Å². The maximum atomic E-state index is 12.5. The molecule has 1 aliphatic heterocycles. The Hall–Kier alpha value is -2.82. The Kier molecular flexibility index (Phi) is 8.32. The first-order valence-electron chi connectivity index (χ1n) is 11.7. The first-order chi connectivity index (χ1) is 15.3. The molecule has 0 spiro atoms. The van der Waals surface area contributed by atoms with Gasteiger partial charge in [0.2, 0.25) is 11.8 Å². The SMILES string of the molecule is CC(C)(C)c1ccc(OCCCC(=O)N2CCN(C(=O)CCc3ccccc3)CC2)cc1. The van der Waals surface area contributed by atoms with Crippen LogP contribution in [0.5, 0.6) is 5.75 Å². The maximum Gasteiger partial charge on any atom is 0.223 e. The van der Waals surface area contributed by atoms with E-state index < -0.39 is 0 Å². The van der Waals surface area contributed by atoms with Crippen LogP contribution in [0.4, 0.5) is 0 Å². The number of carbonyl (C=O) groups is 2. The third-order valence-corrected chi connectivity index (χ3v) is 5.98. The van der Waals surface area contributed by atoms with Gasteiger partial charge >= 0.3 is 0 Å². The summed E-state index contributed by atoms with van der Waals surface area (Å²) in [4.78, 5) is 28.8. The molecule has 1 saturated heterocycles. The number of benzene rings is 2. The lowest BCUT2D eigenvalue weighted by molar-refractivity contribution is -0.139. The fourth-order valence-electron chi connectivity index (χ4n) is 3.88. The molecule has 0 radical (unpaired) electrons. The van der Waals surface area contributed by atoms with Crippen molar-refractivity contribution in [2.75, 3.05) is 32.8 Å². The van der Waals surface area contributed by atoms with Gasteiger partial charge in [-0.2, -0.15) is 0 Å². The number of hydrogen-bond donors (Lipinski definition) is 0. The second kappa shape index (κ2) is 11.2. The zero-order valence-corrected chi connectivity index (χ0v) is 19.7. The second-order valence-electron chi connectivity index (χ2n) is 9.47. The van der Waals surface area contributed by atoms with Crippen molar-refractivity contribution in [1.29, 1.82) is 0 Å². The Morgan fingerprint density at radius 2 is 1.38 bits per heavy atom. The molecule has 5 nitrogen and oxygen atoms in total. The molecule has 0 aromatic heterocycles. The average Bonchev–Trinajstić information content (AvgIpc) is 2.80. The number of hydrogen-bond acceptors (Lipinski definition) is 3. The quantitative estimate of drug-likeness (QED) is 0.575. The van der Waals surface area contributed by atoms with Crippen LogP contribution in [0.1, 0.15) is 51.2 Å². The van der Waals surface area contributed by atoms with Gasteiger partial charge in [0, 0.05) is 39.0 Å². The third-order valence-electron chi connectivity index (χ3n) is 5.98. The van der Waals surface area contributed by atoms with Gasteiger partial charge in [-0.15, -0.1) is 0 Å². The molecule has 172 valence electrons. The summed E-state index contributed by atoms with van der Waals surface area (Å²) in [5, 5.41) is 0. The van der Waals surface area contributed by atoms with Crippen molar-refractivity contribution in [3.8, 4) is 5.75 Å². The van der Waals surface area contributed by atoms with Gasteiger partial charge in [-0.25, -0.2) is 0 Å². The molecule has 0 saturated carbocycles. The summed E-state index contributed by atoms with van der Waals surface area (Å²) in [5.41, 5.74) is 2.58. The second-order valence-corrected chi connectivity index (χ2v) is 9.47. The van der Waals surface area contributed by atoms with Crippen LogP contribution < -0.4 is 4.74 Å². The highest BCUT2D eigenvalue weighted by molar-refractivity contribution is 5.78. The molecule has 0 bridgehead atoms. The first-order valence-corrected chi connectivity index (χ1v) is 11.7. The highest BCUT2D eigenvalue weighted by atomic mass is 16.5. The highest BCUT2D eigenvalue weighted by Gasteiger charge is 2.23. The standard InChI is InChI=1S/C27H36N2O3/c1-27(2,3)23-12-14-24(15-13-23)32-21-7-10-25(30)28-17-19-29(20-18-28)26(31)16-11-22-8-5-4-6-9-22/h4-6,8-9,12-15H,7,10-11,16-21H2,1-3H3. The molecule has 5 heteroatoms. The largest absolute Gasteiger partial charge is 0.494 e. The molecule has 2 amide bonds. The summed E-state index contributed by atoms with van der Waals surface area (Å²) < 4.78 is 5.80. The molecule has 0 aliphatic carbocycles. The smallest absolute Gasteiger partial charge is 0.223 e. The molecule has 1 aliphatic rings. The van der Waals surface area contributed by atoms with Gasteiger partial charge in [-0.1, -0.05) is 63.2 Å². The Morgan fingerprint density at radius 1 is 0.812 bits per heavy atom.